The highest BCUT2D eigenvalue weighted by Gasteiger charge is 2.18. The normalized spacial score (nSPS) is 11.0. The van der Waals surface area contributed by atoms with E-state index < -0.39 is 0 Å². The summed E-state index contributed by atoms with van der Waals surface area (Å²) in [5.74, 6) is -0.360. The van der Waals surface area contributed by atoms with Crippen molar-refractivity contribution in [1.82, 2.24) is 4.40 Å². The highest BCUT2D eigenvalue weighted by Crippen LogP contribution is 2.29. The number of methoxy groups -OCH3 is 1. The fraction of sp³-hybridized carbons (Fsp3) is 0.125. The first-order valence-corrected chi connectivity index (χ1v) is 7.23. The highest BCUT2D eigenvalue weighted by molar-refractivity contribution is 8.13. The molecule has 2 aromatic heterocycles. The van der Waals surface area contributed by atoms with Crippen LogP contribution in [0.25, 0.3) is 16.4 Å². The summed E-state index contributed by atoms with van der Waals surface area (Å²) >= 11 is 1.17. The quantitative estimate of drug-likeness (QED) is 0.536. The van der Waals surface area contributed by atoms with E-state index in [0.29, 0.717) is 5.56 Å². The summed E-state index contributed by atoms with van der Waals surface area (Å²) in [5.41, 5.74) is 2.24. The molecule has 2 heterocycles. The van der Waals surface area contributed by atoms with Crippen molar-refractivity contribution in [3.05, 3.63) is 48.2 Å². The van der Waals surface area contributed by atoms with E-state index in [4.69, 9.17) is 4.74 Å². The number of rotatable bonds is 2. The van der Waals surface area contributed by atoms with Crippen molar-refractivity contribution in [3.63, 3.8) is 0 Å². The molecule has 0 atom stereocenters. The van der Waals surface area contributed by atoms with Crippen molar-refractivity contribution < 1.29 is 14.3 Å². The predicted octanol–water partition coefficient (Wildman–Crippen LogP) is 3.52. The van der Waals surface area contributed by atoms with E-state index in [1.807, 2.05) is 47.0 Å². The van der Waals surface area contributed by atoms with E-state index in [0.717, 1.165) is 21.3 Å². The number of thioether (sulfide) groups is 1. The number of benzene rings is 1. The van der Waals surface area contributed by atoms with E-state index in [-0.39, 0.29) is 11.1 Å². The zero-order valence-electron chi connectivity index (χ0n) is 11.6. The third-order valence-electron chi connectivity index (χ3n) is 3.26. The lowest BCUT2D eigenvalue weighted by Gasteiger charge is -2.02. The summed E-state index contributed by atoms with van der Waals surface area (Å²) in [6.45, 7) is 1.53. The number of esters is 1. The molecule has 5 heteroatoms. The maximum absolute atomic E-state index is 12.1. The van der Waals surface area contributed by atoms with Gasteiger partial charge in [0.15, 0.2) is 5.12 Å². The van der Waals surface area contributed by atoms with Crippen LogP contribution < -0.4 is 0 Å². The Morgan fingerprint density at radius 1 is 1.10 bits per heavy atom. The zero-order valence-corrected chi connectivity index (χ0v) is 12.4. The second-order valence-electron chi connectivity index (χ2n) is 4.60. The van der Waals surface area contributed by atoms with Crippen LogP contribution in [-0.2, 0) is 9.53 Å². The van der Waals surface area contributed by atoms with Crippen molar-refractivity contribution in [3.8, 4) is 0 Å². The first-order valence-electron chi connectivity index (χ1n) is 6.41. The Balaban J connectivity index is 2.35. The summed E-state index contributed by atoms with van der Waals surface area (Å²) in [6, 6.07) is 11.3. The number of aromatic nitrogens is 1. The lowest BCUT2D eigenvalue weighted by molar-refractivity contribution is -0.109. The van der Waals surface area contributed by atoms with Gasteiger partial charge in [-0.2, -0.15) is 0 Å². The number of hydrogen-bond acceptors (Lipinski definition) is 4. The molecule has 0 spiro atoms. The van der Waals surface area contributed by atoms with Crippen molar-refractivity contribution in [2.24, 2.45) is 0 Å². The van der Waals surface area contributed by atoms with E-state index in [1.54, 1.807) is 0 Å². The van der Waals surface area contributed by atoms with Crippen molar-refractivity contribution in [2.45, 2.75) is 11.8 Å². The number of pyridine rings is 1. The van der Waals surface area contributed by atoms with Gasteiger partial charge in [-0.25, -0.2) is 4.79 Å². The van der Waals surface area contributed by atoms with Gasteiger partial charge in [0, 0.05) is 23.4 Å². The summed E-state index contributed by atoms with van der Waals surface area (Å²) in [6.07, 6.45) is 1.87. The molecule has 4 nitrogen and oxygen atoms in total. The minimum atomic E-state index is -0.360. The highest BCUT2D eigenvalue weighted by atomic mass is 32.2. The number of nitrogens with zero attached hydrogens (tertiary/aromatic N) is 1. The lowest BCUT2D eigenvalue weighted by Crippen LogP contribution is -2.01. The Morgan fingerprint density at radius 3 is 2.57 bits per heavy atom. The zero-order chi connectivity index (χ0) is 15.0. The molecule has 0 bridgehead atoms. The standard InChI is InChI=1S/C16H13NO3S/c1-10(18)21-11-7-8-14-15(16(19)20-2)12-5-3-4-6-13(12)17(14)9-11/h3-9H,1-2H3. The summed E-state index contributed by atoms with van der Waals surface area (Å²) in [7, 11) is 1.38. The second kappa shape index (κ2) is 5.26. The van der Waals surface area contributed by atoms with Crippen LogP contribution in [0.5, 0.6) is 0 Å². The maximum atomic E-state index is 12.1. The van der Waals surface area contributed by atoms with Crippen LogP contribution in [0.3, 0.4) is 0 Å². The Kier molecular flexibility index (Phi) is 3.43. The van der Waals surface area contributed by atoms with Crippen LogP contribution in [0, 0.1) is 0 Å². The molecule has 21 heavy (non-hydrogen) atoms. The molecule has 0 aliphatic rings. The van der Waals surface area contributed by atoms with Crippen LogP contribution >= 0.6 is 11.8 Å². The van der Waals surface area contributed by atoms with Gasteiger partial charge in [0.2, 0.25) is 0 Å². The van der Waals surface area contributed by atoms with E-state index in [2.05, 4.69) is 0 Å². The lowest BCUT2D eigenvalue weighted by atomic mass is 10.1. The van der Waals surface area contributed by atoms with Crippen LogP contribution in [0.4, 0.5) is 0 Å². The number of carbonyl (C=O) groups is 2. The third kappa shape index (κ3) is 2.29. The number of ether oxygens (including phenoxy) is 1. The molecule has 0 fully saturated rings. The Morgan fingerprint density at radius 2 is 1.86 bits per heavy atom. The van der Waals surface area contributed by atoms with Crippen LogP contribution in [-0.4, -0.2) is 22.6 Å². The summed E-state index contributed by atoms with van der Waals surface area (Å²) in [5, 5.41) is 0.869. The van der Waals surface area contributed by atoms with Crippen LogP contribution in [0.15, 0.2) is 47.5 Å². The van der Waals surface area contributed by atoms with Gasteiger partial charge in [-0.1, -0.05) is 30.0 Å². The fourth-order valence-electron chi connectivity index (χ4n) is 2.46. The minimum Gasteiger partial charge on any atom is -0.465 e. The maximum Gasteiger partial charge on any atom is 0.340 e. The molecule has 0 aliphatic carbocycles. The molecule has 3 rings (SSSR count). The molecule has 106 valence electrons. The van der Waals surface area contributed by atoms with E-state index in [9.17, 15) is 9.59 Å². The Bertz CT molecular complexity index is 866. The van der Waals surface area contributed by atoms with Gasteiger partial charge in [-0.05, 0) is 18.2 Å². The second-order valence-corrected chi connectivity index (χ2v) is 5.85. The Hall–Kier alpha value is -2.27. The molecular weight excluding hydrogens is 286 g/mol. The molecular formula is C16H13NO3S. The largest absolute Gasteiger partial charge is 0.465 e. The van der Waals surface area contributed by atoms with Crippen molar-refractivity contribution in [1.29, 1.82) is 0 Å². The molecule has 1 aromatic carbocycles. The fourth-order valence-corrected chi connectivity index (χ4v) is 3.09. The third-order valence-corrected chi connectivity index (χ3v) is 4.03. The number of fused-ring (bicyclic) bond motifs is 3. The van der Waals surface area contributed by atoms with Gasteiger partial charge in [0.25, 0.3) is 0 Å². The summed E-state index contributed by atoms with van der Waals surface area (Å²) < 4.78 is 6.82. The van der Waals surface area contributed by atoms with Gasteiger partial charge in [0.1, 0.15) is 0 Å². The van der Waals surface area contributed by atoms with E-state index in [1.165, 1.54) is 25.8 Å². The van der Waals surface area contributed by atoms with Gasteiger partial charge < -0.3 is 9.14 Å². The Labute approximate surface area is 125 Å². The summed E-state index contributed by atoms with van der Waals surface area (Å²) in [4.78, 5) is 24.2. The van der Waals surface area contributed by atoms with Crippen molar-refractivity contribution >= 4 is 39.3 Å². The molecule has 0 saturated heterocycles. The van der Waals surface area contributed by atoms with Crippen LogP contribution in [0.1, 0.15) is 17.3 Å². The average molecular weight is 299 g/mol. The first-order chi connectivity index (χ1) is 10.1. The SMILES string of the molecule is COC(=O)c1c2ccccc2n2cc(SC(C)=O)ccc12. The van der Waals surface area contributed by atoms with E-state index >= 15 is 0 Å². The molecule has 0 aliphatic heterocycles. The topological polar surface area (TPSA) is 47.8 Å². The van der Waals surface area contributed by atoms with Crippen LogP contribution in [0.2, 0.25) is 0 Å². The minimum absolute atomic E-state index is 0.0269. The molecule has 3 aromatic rings. The van der Waals surface area contributed by atoms with Gasteiger partial charge in [-0.3, -0.25) is 4.79 Å². The molecule has 0 amide bonds. The average Bonchev–Trinajstić information content (AvgIpc) is 2.80. The van der Waals surface area contributed by atoms with Gasteiger partial charge in [0.05, 0.1) is 23.7 Å². The smallest absolute Gasteiger partial charge is 0.340 e. The van der Waals surface area contributed by atoms with Gasteiger partial charge in [-0.15, -0.1) is 0 Å². The first kappa shape index (κ1) is 13.7. The monoisotopic (exact) mass is 299 g/mol. The predicted molar refractivity (Wildman–Crippen MR) is 82.8 cm³/mol. The molecule has 0 N–H and O–H groups in total. The molecule has 0 unspecified atom stereocenters. The number of para-hydroxylation sites is 1. The van der Waals surface area contributed by atoms with Crippen molar-refractivity contribution in [2.75, 3.05) is 7.11 Å². The molecule has 0 saturated carbocycles. The number of hydrogen-bond donors (Lipinski definition) is 0. The van der Waals surface area contributed by atoms with Gasteiger partial charge >= 0.3 is 5.97 Å². The number of carbonyl (C=O) groups excluding carboxylic acids is 2. The molecule has 0 radical (unpaired) electrons.